The van der Waals surface area contributed by atoms with Crippen molar-refractivity contribution in [3.05, 3.63) is 52.9 Å². The maximum absolute atomic E-state index is 12.2. The fourth-order valence-corrected chi connectivity index (χ4v) is 5.01. The molecule has 1 heterocycles. The summed E-state index contributed by atoms with van der Waals surface area (Å²) in [6, 6.07) is 13.8. The van der Waals surface area contributed by atoms with E-state index in [1.54, 1.807) is 6.07 Å². The van der Waals surface area contributed by atoms with E-state index in [1.165, 1.54) is 35.3 Å². The molecule has 9 heteroatoms. The Bertz CT molecular complexity index is 894. The molecule has 0 bridgehead atoms. The van der Waals surface area contributed by atoms with E-state index in [0.29, 0.717) is 10.8 Å². The van der Waals surface area contributed by atoms with Crippen LogP contribution in [-0.4, -0.2) is 45.9 Å². The van der Waals surface area contributed by atoms with Crippen LogP contribution in [0.15, 0.2) is 51.7 Å². The lowest BCUT2D eigenvalue weighted by atomic mass is 9.85. The molecule has 2 rings (SSSR count). The number of rotatable bonds is 8. The summed E-state index contributed by atoms with van der Waals surface area (Å²) in [6.07, 6.45) is 0. The molecule has 0 aliphatic heterocycles. The highest BCUT2D eigenvalue weighted by molar-refractivity contribution is 14.0. The summed E-state index contributed by atoms with van der Waals surface area (Å²) in [6.45, 7) is 8.31. The Hall–Kier alpha value is -1.17. The van der Waals surface area contributed by atoms with Gasteiger partial charge in [-0.25, -0.2) is 17.7 Å². The highest BCUT2D eigenvalue weighted by atomic mass is 127. The molecule has 0 radical (unpaired) electrons. The van der Waals surface area contributed by atoms with E-state index in [-0.39, 0.29) is 29.4 Å². The van der Waals surface area contributed by atoms with E-state index in [0.717, 1.165) is 23.9 Å². The third-order valence-corrected chi connectivity index (χ3v) is 7.71. The summed E-state index contributed by atoms with van der Waals surface area (Å²) in [4.78, 5) is 5.52. The molecule has 0 fully saturated rings. The quantitative estimate of drug-likeness (QED) is 0.299. The first kappa shape index (κ1) is 25.9. The van der Waals surface area contributed by atoms with Crippen molar-refractivity contribution < 1.29 is 8.42 Å². The predicted molar refractivity (Wildman–Crippen MR) is 133 cm³/mol. The lowest BCUT2D eigenvalue weighted by molar-refractivity contribution is 0.508. The van der Waals surface area contributed by atoms with Crippen LogP contribution < -0.4 is 10.6 Å². The Morgan fingerprint density at radius 2 is 1.76 bits per heavy atom. The molecule has 0 unspecified atom stereocenters. The molecule has 0 aliphatic rings. The summed E-state index contributed by atoms with van der Waals surface area (Å²) in [5, 5.41) is 6.65. The largest absolute Gasteiger partial charge is 0.357 e. The molecule has 0 amide bonds. The molecule has 29 heavy (non-hydrogen) atoms. The number of nitrogens with zero attached hydrogens (tertiary/aromatic N) is 2. The second-order valence-electron chi connectivity index (χ2n) is 7.31. The molecule has 0 saturated carbocycles. The Morgan fingerprint density at radius 1 is 1.10 bits per heavy atom. The highest BCUT2D eigenvalue weighted by Gasteiger charge is 2.21. The van der Waals surface area contributed by atoms with Crippen LogP contribution in [0.3, 0.4) is 0 Å². The number of benzene rings is 1. The van der Waals surface area contributed by atoms with E-state index in [9.17, 15) is 8.42 Å². The highest BCUT2D eigenvalue weighted by Crippen LogP contribution is 2.24. The first-order valence-corrected chi connectivity index (χ1v) is 11.5. The maximum atomic E-state index is 12.2. The van der Waals surface area contributed by atoms with Crippen molar-refractivity contribution in [2.75, 3.05) is 27.2 Å². The summed E-state index contributed by atoms with van der Waals surface area (Å²) in [7, 11) is -0.320. The van der Waals surface area contributed by atoms with Gasteiger partial charge in [0.25, 0.3) is 10.0 Å². The average molecular weight is 551 g/mol. The van der Waals surface area contributed by atoms with Gasteiger partial charge >= 0.3 is 0 Å². The van der Waals surface area contributed by atoms with Crippen LogP contribution in [0.5, 0.6) is 0 Å². The fourth-order valence-electron chi connectivity index (χ4n) is 2.56. The molecule has 2 N–H and O–H groups in total. The van der Waals surface area contributed by atoms with Crippen LogP contribution in [0.1, 0.15) is 31.2 Å². The van der Waals surface area contributed by atoms with Gasteiger partial charge < -0.3 is 10.6 Å². The van der Waals surface area contributed by atoms with Gasteiger partial charge in [0.1, 0.15) is 4.21 Å². The summed E-state index contributed by atoms with van der Waals surface area (Å²) in [5.41, 5.74) is 1.21. The van der Waals surface area contributed by atoms with Gasteiger partial charge in [-0.1, -0.05) is 44.2 Å². The van der Waals surface area contributed by atoms with Crippen LogP contribution >= 0.6 is 35.3 Å². The van der Waals surface area contributed by atoms with Gasteiger partial charge in [-0.2, -0.15) is 0 Å². The Kier molecular flexibility index (Phi) is 10.1. The molecule has 0 atom stereocenters. The second kappa shape index (κ2) is 11.3. The zero-order valence-electron chi connectivity index (χ0n) is 17.6. The molecule has 162 valence electrons. The van der Waals surface area contributed by atoms with Crippen LogP contribution in [0.4, 0.5) is 0 Å². The standard InChI is InChI=1S/C20H30N4O2S2.HI/c1-6-21-19(23-15-20(2,3)16-10-8-7-9-11-16)22-14-17-12-13-18(27-17)28(25,26)24(4)5;/h7-13H,6,14-15H2,1-5H3,(H2,21,22,23);1H. The third-order valence-electron chi connectivity index (χ3n) is 4.36. The van der Waals surface area contributed by atoms with Crippen molar-refractivity contribution in [2.45, 2.75) is 36.9 Å². The van der Waals surface area contributed by atoms with Crippen molar-refractivity contribution in [3.8, 4) is 0 Å². The van der Waals surface area contributed by atoms with Crippen molar-refractivity contribution in [2.24, 2.45) is 4.99 Å². The maximum Gasteiger partial charge on any atom is 0.252 e. The van der Waals surface area contributed by atoms with Gasteiger partial charge in [-0.15, -0.1) is 35.3 Å². The number of thiophene rings is 1. The van der Waals surface area contributed by atoms with Crippen LogP contribution in [0.25, 0.3) is 0 Å². The van der Waals surface area contributed by atoms with Crippen molar-refractivity contribution in [3.63, 3.8) is 0 Å². The number of halogens is 1. The van der Waals surface area contributed by atoms with Gasteiger partial charge in [0.15, 0.2) is 5.96 Å². The zero-order valence-corrected chi connectivity index (χ0v) is 21.6. The van der Waals surface area contributed by atoms with E-state index < -0.39 is 10.0 Å². The number of aliphatic imine (C=N–C) groups is 1. The predicted octanol–water partition coefficient (Wildman–Crippen LogP) is 3.65. The fraction of sp³-hybridized carbons (Fsp3) is 0.450. The van der Waals surface area contributed by atoms with Crippen molar-refractivity contribution in [1.82, 2.24) is 14.9 Å². The third kappa shape index (κ3) is 7.23. The molecule has 1 aromatic carbocycles. The number of hydrogen-bond acceptors (Lipinski definition) is 4. The minimum Gasteiger partial charge on any atom is -0.357 e. The summed E-state index contributed by atoms with van der Waals surface area (Å²) < 4.78 is 26.0. The lowest BCUT2D eigenvalue weighted by Crippen LogP contribution is -2.43. The number of guanidine groups is 1. The van der Waals surface area contributed by atoms with E-state index in [1.807, 2.05) is 31.2 Å². The monoisotopic (exact) mass is 550 g/mol. The molecule has 0 saturated heterocycles. The zero-order chi connectivity index (χ0) is 20.8. The van der Waals surface area contributed by atoms with Gasteiger partial charge in [0.2, 0.25) is 0 Å². The Balaban J connectivity index is 0.00000420. The topological polar surface area (TPSA) is 73.8 Å². The molecular weight excluding hydrogens is 519 g/mol. The van der Waals surface area contributed by atoms with E-state index in [2.05, 4.69) is 41.6 Å². The van der Waals surface area contributed by atoms with E-state index in [4.69, 9.17) is 0 Å². The van der Waals surface area contributed by atoms with Gasteiger partial charge in [0, 0.05) is 37.5 Å². The lowest BCUT2D eigenvalue weighted by Gasteiger charge is -2.26. The molecule has 0 spiro atoms. The minimum absolute atomic E-state index is 0. The van der Waals surface area contributed by atoms with Gasteiger partial charge in [-0.3, -0.25) is 0 Å². The van der Waals surface area contributed by atoms with Crippen molar-refractivity contribution in [1.29, 1.82) is 0 Å². The smallest absolute Gasteiger partial charge is 0.252 e. The summed E-state index contributed by atoms with van der Waals surface area (Å²) in [5.74, 6) is 0.719. The number of nitrogens with one attached hydrogen (secondary N) is 2. The molecule has 1 aromatic heterocycles. The molecule has 6 nitrogen and oxygen atoms in total. The normalized spacial score (nSPS) is 12.6. The van der Waals surface area contributed by atoms with Crippen LogP contribution in [-0.2, 0) is 22.0 Å². The van der Waals surface area contributed by atoms with E-state index >= 15 is 0 Å². The SMILES string of the molecule is CCNC(=NCc1ccc(S(=O)(=O)N(C)C)s1)NCC(C)(C)c1ccccc1.I. The number of sulfonamides is 1. The minimum atomic E-state index is -3.39. The Morgan fingerprint density at radius 3 is 2.34 bits per heavy atom. The average Bonchev–Trinajstić information content (AvgIpc) is 3.14. The molecule has 0 aliphatic carbocycles. The van der Waals surface area contributed by atoms with Crippen LogP contribution in [0, 0.1) is 0 Å². The Labute approximate surface area is 195 Å². The van der Waals surface area contributed by atoms with Crippen molar-refractivity contribution >= 4 is 51.3 Å². The molecule has 2 aromatic rings. The van der Waals surface area contributed by atoms with Crippen LogP contribution in [0.2, 0.25) is 0 Å². The second-order valence-corrected chi connectivity index (χ2v) is 10.9. The number of hydrogen-bond donors (Lipinski definition) is 2. The first-order valence-electron chi connectivity index (χ1n) is 9.26. The first-order chi connectivity index (χ1) is 13.2. The van der Waals surface area contributed by atoms with Gasteiger partial charge in [-0.05, 0) is 24.6 Å². The summed E-state index contributed by atoms with van der Waals surface area (Å²) >= 11 is 1.26. The molecular formula is C20H31IN4O2S2. The van der Waals surface area contributed by atoms with Gasteiger partial charge in [0.05, 0.1) is 6.54 Å².